The molecule has 0 saturated carbocycles. The highest BCUT2D eigenvalue weighted by molar-refractivity contribution is 5.98. The zero-order chi connectivity index (χ0) is 16.4. The molecule has 2 heterocycles. The van der Waals surface area contributed by atoms with Crippen LogP contribution in [0.25, 0.3) is 11.4 Å². The number of anilines is 2. The molecule has 1 unspecified atom stereocenters. The van der Waals surface area contributed by atoms with Gasteiger partial charge in [-0.1, -0.05) is 30.3 Å². The number of methoxy groups -OCH3 is 1. The van der Waals surface area contributed by atoms with Crippen LogP contribution in [0.1, 0.15) is 6.42 Å². The standard InChI is InChI=1S/C15H15N5O3/c1-23-13(22)10-7-11(21)20(8-10)15-18-12(17-14(16)19-15)9-5-3-2-4-6-9/h2-6,10H,7-8H2,1H3,(H2,16,17,18,19). The third-order valence-corrected chi connectivity index (χ3v) is 3.57. The third kappa shape index (κ3) is 2.96. The smallest absolute Gasteiger partial charge is 0.311 e. The fourth-order valence-electron chi connectivity index (χ4n) is 2.44. The van der Waals surface area contributed by atoms with E-state index in [0.29, 0.717) is 5.82 Å². The molecule has 23 heavy (non-hydrogen) atoms. The monoisotopic (exact) mass is 313 g/mol. The number of rotatable bonds is 3. The van der Waals surface area contributed by atoms with Crippen molar-refractivity contribution in [3.8, 4) is 11.4 Å². The second kappa shape index (κ2) is 5.99. The number of nitrogens with zero attached hydrogens (tertiary/aromatic N) is 4. The Kier molecular flexibility index (Phi) is 3.88. The molecule has 1 atom stereocenters. The molecule has 1 aliphatic heterocycles. The van der Waals surface area contributed by atoms with Crippen LogP contribution in [0.3, 0.4) is 0 Å². The van der Waals surface area contributed by atoms with Gasteiger partial charge in [-0.05, 0) is 0 Å². The number of hydrogen-bond acceptors (Lipinski definition) is 7. The van der Waals surface area contributed by atoms with Crippen molar-refractivity contribution in [1.82, 2.24) is 15.0 Å². The predicted molar refractivity (Wildman–Crippen MR) is 82.2 cm³/mol. The van der Waals surface area contributed by atoms with Crippen LogP contribution in [-0.2, 0) is 14.3 Å². The van der Waals surface area contributed by atoms with Crippen molar-refractivity contribution in [1.29, 1.82) is 0 Å². The fraction of sp³-hybridized carbons (Fsp3) is 0.267. The number of nitrogens with two attached hydrogens (primary N) is 1. The van der Waals surface area contributed by atoms with Crippen LogP contribution in [0.15, 0.2) is 30.3 Å². The topological polar surface area (TPSA) is 111 Å². The Labute approximate surface area is 132 Å². The molecule has 0 bridgehead atoms. The number of amides is 1. The minimum Gasteiger partial charge on any atom is -0.469 e. The Morgan fingerprint density at radius 2 is 2.00 bits per heavy atom. The molecule has 1 aliphatic rings. The van der Waals surface area contributed by atoms with E-state index >= 15 is 0 Å². The molecule has 8 nitrogen and oxygen atoms in total. The van der Waals surface area contributed by atoms with Crippen molar-refractivity contribution in [2.75, 3.05) is 24.3 Å². The number of benzene rings is 1. The highest BCUT2D eigenvalue weighted by Crippen LogP contribution is 2.25. The molecule has 0 spiro atoms. The van der Waals surface area contributed by atoms with E-state index in [1.807, 2.05) is 30.3 Å². The Balaban J connectivity index is 1.93. The van der Waals surface area contributed by atoms with Crippen LogP contribution in [0.5, 0.6) is 0 Å². The summed E-state index contributed by atoms with van der Waals surface area (Å²) in [5.41, 5.74) is 6.50. The van der Waals surface area contributed by atoms with Gasteiger partial charge in [0.15, 0.2) is 5.82 Å². The van der Waals surface area contributed by atoms with Gasteiger partial charge in [0.05, 0.1) is 13.0 Å². The SMILES string of the molecule is COC(=O)C1CC(=O)N(c2nc(N)nc(-c3ccccc3)n2)C1. The van der Waals surface area contributed by atoms with Crippen LogP contribution < -0.4 is 10.6 Å². The summed E-state index contributed by atoms with van der Waals surface area (Å²) in [6.45, 7) is 0.170. The van der Waals surface area contributed by atoms with Gasteiger partial charge in [-0.2, -0.15) is 15.0 Å². The van der Waals surface area contributed by atoms with Crippen LogP contribution >= 0.6 is 0 Å². The second-order valence-corrected chi connectivity index (χ2v) is 5.11. The van der Waals surface area contributed by atoms with E-state index in [9.17, 15) is 9.59 Å². The van der Waals surface area contributed by atoms with E-state index < -0.39 is 11.9 Å². The molecule has 1 fully saturated rings. The number of carbonyl (C=O) groups excluding carboxylic acids is 2. The largest absolute Gasteiger partial charge is 0.469 e. The Hall–Kier alpha value is -3.03. The summed E-state index contributed by atoms with van der Waals surface area (Å²) in [6.07, 6.45) is 0.0684. The number of nitrogen functional groups attached to an aromatic ring is 1. The summed E-state index contributed by atoms with van der Waals surface area (Å²) in [5.74, 6) is -0.653. The molecular formula is C15H15N5O3. The van der Waals surface area contributed by atoms with Gasteiger partial charge in [0, 0.05) is 18.5 Å². The zero-order valence-corrected chi connectivity index (χ0v) is 12.5. The van der Waals surface area contributed by atoms with E-state index in [2.05, 4.69) is 19.7 Å². The first-order valence-corrected chi connectivity index (χ1v) is 7.03. The lowest BCUT2D eigenvalue weighted by Gasteiger charge is -2.15. The molecule has 0 radical (unpaired) electrons. The first kappa shape index (κ1) is 14.9. The summed E-state index contributed by atoms with van der Waals surface area (Å²) >= 11 is 0. The molecule has 1 saturated heterocycles. The summed E-state index contributed by atoms with van der Waals surface area (Å²) in [7, 11) is 1.30. The highest BCUT2D eigenvalue weighted by Gasteiger charge is 2.37. The molecular weight excluding hydrogens is 298 g/mol. The van der Waals surface area contributed by atoms with Crippen molar-refractivity contribution in [2.24, 2.45) is 5.92 Å². The van der Waals surface area contributed by atoms with E-state index in [-0.39, 0.29) is 30.8 Å². The maximum atomic E-state index is 12.1. The molecule has 0 aliphatic carbocycles. The minimum absolute atomic E-state index is 0.0168. The molecule has 2 aromatic rings. The van der Waals surface area contributed by atoms with Gasteiger partial charge in [-0.25, -0.2) is 0 Å². The van der Waals surface area contributed by atoms with Gasteiger partial charge in [0.2, 0.25) is 17.8 Å². The first-order chi connectivity index (χ1) is 11.1. The zero-order valence-electron chi connectivity index (χ0n) is 12.5. The van der Waals surface area contributed by atoms with Crippen molar-refractivity contribution < 1.29 is 14.3 Å². The van der Waals surface area contributed by atoms with Gasteiger partial charge < -0.3 is 10.5 Å². The maximum absolute atomic E-state index is 12.1. The van der Waals surface area contributed by atoms with Crippen molar-refractivity contribution in [2.45, 2.75) is 6.42 Å². The molecule has 1 aromatic carbocycles. The Morgan fingerprint density at radius 3 is 2.70 bits per heavy atom. The Bertz CT molecular complexity index is 750. The lowest BCUT2D eigenvalue weighted by Crippen LogP contribution is -2.28. The quantitative estimate of drug-likeness (QED) is 0.828. The number of hydrogen-bond donors (Lipinski definition) is 1. The van der Waals surface area contributed by atoms with Crippen molar-refractivity contribution in [3.63, 3.8) is 0 Å². The molecule has 8 heteroatoms. The fourth-order valence-corrected chi connectivity index (χ4v) is 2.44. The number of aromatic nitrogens is 3. The Morgan fingerprint density at radius 1 is 1.26 bits per heavy atom. The van der Waals surface area contributed by atoms with Gasteiger partial charge >= 0.3 is 5.97 Å². The average Bonchev–Trinajstić information content (AvgIpc) is 2.96. The second-order valence-electron chi connectivity index (χ2n) is 5.11. The maximum Gasteiger partial charge on any atom is 0.311 e. The number of ether oxygens (including phenoxy) is 1. The van der Waals surface area contributed by atoms with Crippen molar-refractivity contribution >= 4 is 23.8 Å². The van der Waals surface area contributed by atoms with Gasteiger partial charge in [-0.3, -0.25) is 14.5 Å². The molecule has 1 amide bonds. The van der Waals surface area contributed by atoms with E-state index in [1.54, 1.807) is 0 Å². The average molecular weight is 313 g/mol. The van der Waals surface area contributed by atoms with E-state index in [4.69, 9.17) is 5.73 Å². The number of esters is 1. The molecule has 118 valence electrons. The lowest BCUT2D eigenvalue weighted by atomic mass is 10.1. The van der Waals surface area contributed by atoms with Crippen LogP contribution in [0, 0.1) is 5.92 Å². The predicted octanol–water partition coefficient (Wildman–Crippen LogP) is 0.647. The van der Waals surface area contributed by atoms with Gasteiger partial charge in [0.1, 0.15) is 0 Å². The first-order valence-electron chi connectivity index (χ1n) is 7.03. The third-order valence-electron chi connectivity index (χ3n) is 3.57. The van der Waals surface area contributed by atoms with Gasteiger partial charge in [-0.15, -0.1) is 0 Å². The van der Waals surface area contributed by atoms with E-state index in [0.717, 1.165) is 5.56 Å². The van der Waals surface area contributed by atoms with Crippen molar-refractivity contribution in [3.05, 3.63) is 30.3 Å². The molecule has 2 N–H and O–H groups in total. The van der Waals surface area contributed by atoms with Crippen LogP contribution in [0.4, 0.5) is 11.9 Å². The lowest BCUT2D eigenvalue weighted by molar-refractivity contribution is -0.145. The van der Waals surface area contributed by atoms with Crippen LogP contribution in [0.2, 0.25) is 0 Å². The minimum atomic E-state index is -0.523. The summed E-state index contributed by atoms with van der Waals surface area (Å²) < 4.78 is 4.69. The van der Waals surface area contributed by atoms with E-state index in [1.165, 1.54) is 12.0 Å². The molecule has 3 rings (SSSR count). The van der Waals surface area contributed by atoms with Crippen LogP contribution in [-0.4, -0.2) is 40.5 Å². The highest BCUT2D eigenvalue weighted by atomic mass is 16.5. The van der Waals surface area contributed by atoms with Gasteiger partial charge in [0.25, 0.3) is 0 Å². The summed E-state index contributed by atoms with van der Waals surface area (Å²) in [6, 6.07) is 9.25. The normalized spacial score (nSPS) is 17.3. The molecule has 1 aromatic heterocycles. The summed E-state index contributed by atoms with van der Waals surface area (Å²) in [4.78, 5) is 37.5. The summed E-state index contributed by atoms with van der Waals surface area (Å²) in [5, 5.41) is 0. The number of carbonyl (C=O) groups is 2.